The van der Waals surface area contributed by atoms with Gasteiger partial charge in [0.1, 0.15) is 16.9 Å². The lowest BCUT2D eigenvalue weighted by Crippen LogP contribution is -1.95. The van der Waals surface area contributed by atoms with Crippen molar-refractivity contribution in [3.05, 3.63) is 54.3 Å². The summed E-state index contributed by atoms with van der Waals surface area (Å²) in [6, 6.07) is 12.2. The predicted octanol–water partition coefficient (Wildman–Crippen LogP) is 4.03. The lowest BCUT2D eigenvalue weighted by Gasteiger charge is -2.10. The lowest BCUT2D eigenvalue weighted by atomic mass is 10.1. The Morgan fingerprint density at radius 1 is 0.941 bits per heavy atom. The number of hydrogen-bond donors (Lipinski definition) is 0. The molecule has 0 unspecified atom stereocenters. The third kappa shape index (κ3) is 1.21. The number of para-hydroxylation sites is 1. The van der Waals surface area contributed by atoms with Crippen molar-refractivity contribution in [1.29, 1.82) is 0 Å². The molecule has 2 nitrogen and oxygen atoms in total. The zero-order valence-corrected chi connectivity index (χ0v) is 9.14. The van der Waals surface area contributed by atoms with Crippen LogP contribution in [-0.4, -0.2) is 0 Å². The number of allylic oxidation sites excluding steroid dienone is 1. The van der Waals surface area contributed by atoms with Gasteiger partial charge in [0.2, 0.25) is 0 Å². The fourth-order valence-corrected chi connectivity index (χ4v) is 2.36. The summed E-state index contributed by atoms with van der Waals surface area (Å²) in [5, 5.41) is 2.26. The van der Waals surface area contributed by atoms with Crippen LogP contribution in [0.3, 0.4) is 0 Å². The Hall–Kier alpha value is -2.22. The van der Waals surface area contributed by atoms with Crippen LogP contribution >= 0.6 is 0 Å². The SMILES string of the molecule is C1=COc2cc3c(cc2C1)oc1ccccc13. The monoisotopic (exact) mass is 222 g/mol. The Morgan fingerprint density at radius 3 is 2.88 bits per heavy atom. The number of fused-ring (bicyclic) bond motifs is 4. The second-order valence-corrected chi connectivity index (χ2v) is 4.25. The van der Waals surface area contributed by atoms with Crippen LogP contribution in [0.1, 0.15) is 5.56 Å². The zero-order chi connectivity index (χ0) is 11.2. The van der Waals surface area contributed by atoms with E-state index >= 15 is 0 Å². The summed E-state index contributed by atoms with van der Waals surface area (Å²) in [5.74, 6) is 0.937. The van der Waals surface area contributed by atoms with Crippen molar-refractivity contribution < 1.29 is 9.15 Å². The van der Waals surface area contributed by atoms with E-state index < -0.39 is 0 Å². The second kappa shape index (κ2) is 3.14. The maximum Gasteiger partial charge on any atom is 0.135 e. The molecule has 0 fully saturated rings. The minimum atomic E-state index is 0.905. The van der Waals surface area contributed by atoms with Crippen LogP contribution in [0.2, 0.25) is 0 Å². The third-order valence-corrected chi connectivity index (χ3v) is 3.19. The number of benzene rings is 2. The molecule has 0 bridgehead atoms. The van der Waals surface area contributed by atoms with Gasteiger partial charge in [0.15, 0.2) is 0 Å². The molecule has 0 saturated heterocycles. The summed E-state index contributed by atoms with van der Waals surface area (Å²) in [5.41, 5.74) is 3.04. The molecule has 4 rings (SSSR count). The first-order chi connectivity index (χ1) is 8.42. The highest BCUT2D eigenvalue weighted by Gasteiger charge is 2.12. The first-order valence-corrected chi connectivity index (χ1v) is 5.68. The van der Waals surface area contributed by atoms with Crippen LogP contribution in [0.15, 0.2) is 53.2 Å². The quantitative estimate of drug-likeness (QED) is 0.573. The largest absolute Gasteiger partial charge is 0.465 e. The van der Waals surface area contributed by atoms with Crippen molar-refractivity contribution in [2.75, 3.05) is 0 Å². The smallest absolute Gasteiger partial charge is 0.135 e. The van der Waals surface area contributed by atoms with E-state index in [2.05, 4.69) is 18.2 Å². The molecule has 2 heteroatoms. The van der Waals surface area contributed by atoms with Gasteiger partial charge in [-0.3, -0.25) is 0 Å². The molecule has 1 aliphatic heterocycles. The van der Waals surface area contributed by atoms with Crippen LogP contribution in [0.25, 0.3) is 21.9 Å². The third-order valence-electron chi connectivity index (χ3n) is 3.19. The summed E-state index contributed by atoms with van der Waals surface area (Å²) in [6.07, 6.45) is 4.66. The Balaban J connectivity index is 2.13. The minimum Gasteiger partial charge on any atom is -0.465 e. The fourth-order valence-electron chi connectivity index (χ4n) is 2.36. The van der Waals surface area contributed by atoms with Crippen molar-refractivity contribution in [3.63, 3.8) is 0 Å². The van der Waals surface area contributed by atoms with Gasteiger partial charge >= 0.3 is 0 Å². The van der Waals surface area contributed by atoms with Gasteiger partial charge in [-0.1, -0.05) is 18.2 Å². The molecular formula is C15H10O2. The first-order valence-electron chi connectivity index (χ1n) is 5.68. The van der Waals surface area contributed by atoms with Gasteiger partial charge in [0.25, 0.3) is 0 Å². The molecule has 0 atom stereocenters. The van der Waals surface area contributed by atoms with E-state index in [1.165, 1.54) is 5.56 Å². The van der Waals surface area contributed by atoms with Gasteiger partial charge in [0.05, 0.1) is 6.26 Å². The molecule has 0 aliphatic carbocycles. The molecule has 3 aromatic rings. The second-order valence-electron chi connectivity index (χ2n) is 4.25. The Kier molecular flexibility index (Phi) is 1.64. The van der Waals surface area contributed by atoms with Crippen molar-refractivity contribution in [2.24, 2.45) is 0 Å². The van der Waals surface area contributed by atoms with Crippen molar-refractivity contribution in [2.45, 2.75) is 6.42 Å². The molecule has 1 aromatic heterocycles. The molecule has 0 saturated carbocycles. The topological polar surface area (TPSA) is 22.4 Å². The number of hydrogen-bond acceptors (Lipinski definition) is 2. The maximum atomic E-state index is 5.84. The molecule has 2 aromatic carbocycles. The molecule has 17 heavy (non-hydrogen) atoms. The van der Waals surface area contributed by atoms with E-state index in [4.69, 9.17) is 9.15 Å². The van der Waals surface area contributed by atoms with E-state index in [0.717, 1.165) is 34.1 Å². The summed E-state index contributed by atoms with van der Waals surface area (Å²) in [4.78, 5) is 0. The summed E-state index contributed by atoms with van der Waals surface area (Å²) in [6.45, 7) is 0. The lowest BCUT2D eigenvalue weighted by molar-refractivity contribution is 0.465. The van der Waals surface area contributed by atoms with Crippen LogP contribution in [0, 0.1) is 0 Å². The molecule has 2 heterocycles. The first kappa shape index (κ1) is 8.88. The van der Waals surface area contributed by atoms with E-state index in [9.17, 15) is 0 Å². The van der Waals surface area contributed by atoms with E-state index in [-0.39, 0.29) is 0 Å². The van der Waals surface area contributed by atoms with Crippen molar-refractivity contribution in [1.82, 2.24) is 0 Å². The van der Waals surface area contributed by atoms with Gasteiger partial charge in [-0.15, -0.1) is 0 Å². The van der Waals surface area contributed by atoms with Gasteiger partial charge < -0.3 is 9.15 Å². The Morgan fingerprint density at radius 2 is 1.88 bits per heavy atom. The summed E-state index contributed by atoms with van der Waals surface area (Å²) in [7, 11) is 0. The number of rotatable bonds is 0. The molecule has 0 N–H and O–H groups in total. The highest BCUT2D eigenvalue weighted by Crippen LogP contribution is 2.35. The molecule has 0 radical (unpaired) electrons. The van der Waals surface area contributed by atoms with E-state index in [0.29, 0.717) is 0 Å². The average Bonchev–Trinajstić information content (AvgIpc) is 2.73. The van der Waals surface area contributed by atoms with Crippen LogP contribution in [0.5, 0.6) is 5.75 Å². The standard InChI is InChI=1S/C15H10O2/c1-2-6-13-11(5-1)12-9-14-10(4-3-7-16-14)8-15(12)17-13/h1-3,5-9H,4H2. The van der Waals surface area contributed by atoms with Crippen LogP contribution in [0.4, 0.5) is 0 Å². The van der Waals surface area contributed by atoms with Crippen LogP contribution in [-0.2, 0) is 6.42 Å². The van der Waals surface area contributed by atoms with E-state index in [1.54, 1.807) is 6.26 Å². The number of furan rings is 1. The summed E-state index contributed by atoms with van der Waals surface area (Å²) < 4.78 is 11.4. The summed E-state index contributed by atoms with van der Waals surface area (Å²) >= 11 is 0. The fraction of sp³-hybridized carbons (Fsp3) is 0.0667. The molecule has 0 spiro atoms. The molecule has 1 aliphatic rings. The Labute approximate surface area is 98.1 Å². The van der Waals surface area contributed by atoms with E-state index in [1.807, 2.05) is 24.3 Å². The predicted molar refractivity (Wildman–Crippen MR) is 67.2 cm³/mol. The maximum absolute atomic E-state index is 5.84. The minimum absolute atomic E-state index is 0.905. The van der Waals surface area contributed by atoms with Gasteiger partial charge in [-0.25, -0.2) is 0 Å². The highest BCUT2D eigenvalue weighted by atomic mass is 16.5. The number of ether oxygens (including phenoxy) is 1. The van der Waals surface area contributed by atoms with Gasteiger partial charge in [0, 0.05) is 16.3 Å². The molecule has 82 valence electrons. The van der Waals surface area contributed by atoms with Crippen molar-refractivity contribution in [3.8, 4) is 5.75 Å². The molecular weight excluding hydrogens is 212 g/mol. The van der Waals surface area contributed by atoms with Crippen LogP contribution < -0.4 is 4.74 Å². The average molecular weight is 222 g/mol. The van der Waals surface area contributed by atoms with Gasteiger partial charge in [-0.05, 0) is 30.7 Å². The normalized spacial score (nSPS) is 13.9. The molecule has 0 amide bonds. The zero-order valence-electron chi connectivity index (χ0n) is 9.14. The Bertz CT molecular complexity index is 750. The highest BCUT2D eigenvalue weighted by molar-refractivity contribution is 6.05. The van der Waals surface area contributed by atoms with Crippen molar-refractivity contribution >= 4 is 21.9 Å². The van der Waals surface area contributed by atoms with Gasteiger partial charge in [-0.2, -0.15) is 0 Å².